The predicted octanol–water partition coefficient (Wildman–Crippen LogP) is 2.49. The fourth-order valence-corrected chi connectivity index (χ4v) is 3.10. The number of rotatable bonds is 5. The lowest BCUT2D eigenvalue weighted by molar-refractivity contribution is -0.115. The van der Waals surface area contributed by atoms with Crippen molar-refractivity contribution >= 4 is 22.6 Å². The van der Waals surface area contributed by atoms with Gasteiger partial charge in [-0.2, -0.15) is 15.1 Å². The maximum atomic E-state index is 12.6. The lowest BCUT2D eigenvalue weighted by Gasteiger charge is -2.18. The minimum absolute atomic E-state index is 0.173. The quantitative estimate of drug-likeness (QED) is 0.520. The summed E-state index contributed by atoms with van der Waals surface area (Å²) < 4.78 is 16.7. The second kappa shape index (κ2) is 7.66. The van der Waals surface area contributed by atoms with Gasteiger partial charge in [-0.3, -0.25) is 9.89 Å². The number of nitrogens with one attached hydrogen (secondary N) is 2. The number of carbonyl (C=O) groups is 1. The minimum atomic E-state index is -0.205. The Morgan fingerprint density at radius 1 is 1.07 bits per heavy atom. The number of ether oxygens (including phenoxy) is 3. The van der Waals surface area contributed by atoms with Gasteiger partial charge in [-0.15, -0.1) is 0 Å². The molecule has 0 fully saturated rings. The first kappa shape index (κ1) is 17.9. The first-order valence-corrected chi connectivity index (χ1v) is 9.21. The molecule has 2 N–H and O–H groups in total. The first-order chi connectivity index (χ1) is 14.7. The van der Waals surface area contributed by atoms with Crippen LogP contribution in [0.2, 0.25) is 0 Å². The van der Waals surface area contributed by atoms with Crippen molar-refractivity contribution in [3.63, 3.8) is 0 Å². The highest BCUT2D eigenvalue weighted by atomic mass is 16.6. The smallest absolute Gasteiger partial charge is 0.324 e. The van der Waals surface area contributed by atoms with Gasteiger partial charge in [0.15, 0.2) is 17.3 Å². The fourth-order valence-electron chi connectivity index (χ4n) is 3.10. The summed E-state index contributed by atoms with van der Waals surface area (Å²) >= 11 is 0. The van der Waals surface area contributed by atoms with Gasteiger partial charge in [0.25, 0.3) is 0 Å². The Balaban J connectivity index is 1.32. The van der Waals surface area contributed by atoms with Crippen LogP contribution in [-0.2, 0) is 11.2 Å². The Bertz CT molecular complexity index is 1210. The van der Waals surface area contributed by atoms with Gasteiger partial charge in [0, 0.05) is 5.39 Å². The van der Waals surface area contributed by atoms with Crippen molar-refractivity contribution in [2.75, 3.05) is 18.5 Å². The molecular weight excluding hydrogens is 388 g/mol. The third-order valence-electron chi connectivity index (χ3n) is 4.44. The van der Waals surface area contributed by atoms with E-state index in [-0.39, 0.29) is 18.3 Å². The van der Waals surface area contributed by atoms with Crippen molar-refractivity contribution < 1.29 is 19.0 Å². The maximum absolute atomic E-state index is 12.6. The molecule has 0 saturated carbocycles. The molecule has 2 aromatic carbocycles. The molecular formula is C20H16N6O4. The summed E-state index contributed by atoms with van der Waals surface area (Å²) in [5.41, 5.74) is 1.57. The van der Waals surface area contributed by atoms with Crippen LogP contribution in [0.4, 0.5) is 5.82 Å². The molecule has 150 valence electrons. The van der Waals surface area contributed by atoms with Gasteiger partial charge < -0.3 is 19.5 Å². The second-order valence-corrected chi connectivity index (χ2v) is 6.51. The number of fused-ring (bicyclic) bond motifs is 2. The summed E-state index contributed by atoms with van der Waals surface area (Å²) in [5.74, 6) is 2.06. The van der Waals surface area contributed by atoms with E-state index >= 15 is 0 Å². The number of aromatic nitrogens is 5. The summed E-state index contributed by atoms with van der Waals surface area (Å²) in [6, 6.07) is 11.0. The molecule has 2 aromatic heterocycles. The SMILES string of the molecule is O=C(Cc1ccc2c(c1)OCCO2)Nc1n[nH]c2ccc(Oc3ncncn3)cc12. The number of aromatic amines is 1. The molecule has 0 bridgehead atoms. The standard InChI is InChI=1S/C20H16N6O4/c27-18(8-12-1-4-16-17(7-12)29-6-5-28-16)24-19-14-9-13(2-3-15(14)25-26-19)30-20-22-10-21-11-23-20/h1-4,7,9-11H,5-6,8H2,(H2,24,25,26,27). The average Bonchev–Trinajstić information content (AvgIpc) is 3.16. The largest absolute Gasteiger partial charge is 0.486 e. The number of H-pyrrole nitrogens is 1. The summed E-state index contributed by atoms with van der Waals surface area (Å²) in [7, 11) is 0. The van der Waals surface area contributed by atoms with Gasteiger partial charge in [-0.1, -0.05) is 6.07 Å². The molecule has 10 nitrogen and oxygen atoms in total. The van der Waals surface area contributed by atoms with E-state index in [9.17, 15) is 4.79 Å². The molecule has 30 heavy (non-hydrogen) atoms. The Labute approximate surface area is 170 Å². The van der Waals surface area contributed by atoms with Crippen LogP contribution in [0.1, 0.15) is 5.56 Å². The molecule has 3 heterocycles. The normalized spacial score (nSPS) is 12.5. The Morgan fingerprint density at radius 2 is 1.90 bits per heavy atom. The van der Waals surface area contributed by atoms with Crippen LogP contribution < -0.4 is 19.5 Å². The van der Waals surface area contributed by atoms with E-state index in [1.165, 1.54) is 12.7 Å². The lowest BCUT2D eigenvalue weighted by Crippen LogP contribution is -2.17. The zero-order valence-corrected chi connectivity index (χ0v) is 15.7. The van der Waals surface area contributed by atoms with E-state index < -0.39 is 0 Å². The molecule has 4 aromatic rings. The molecule has 0 spiro atoms. The monoisotopic (exact) mass is 404 g/mol. The van der Waals surface area contributed by atoms with Gasteiger partial charge >= 0.3 is 6.01 Å². The molecule has 1 amide bonds. The van der Waals surface area contributed by atoms with Crippen LogP contribution in [0.15, 0.2) is 49.1 Å². The maximum Gasteiger partial charge on any atom is 0.324 e. The zero-order chi connectivity index (χ0) is 20.3. The number of nitrogens with zero attached hydrogens (tertiary/aromatic N) is 4. The summed E-state index contributed by atoms with van der Waals surface area (Å²) in [6.07, 6.45) is 2.87. The summed E-state index contributed by atoms with van der Waals surface area (Å²) in [5, 5.41) is 10.6. The van der Waals surface area contributed by atoms with Gasteiger partial charge in [-0.05, 0) is 35.9 Å². The molecule has 1 aliphatic rings. The third-order valence-corrected chi connectivity index (χ3v) is 4.44. The van der Waals surface area contributed by atoms with E-state index in [0.29, 0.717) is 41.7 Å². The molecule has 0 radical (unpaired) electrons. The highest BCUT2D eigenvalue weighted by Crippen LogP contribution is 2.31. The van der Waals surface area contributed by atoms with E-state index in [2.05, 4.69) is 30.5 Å². The van der Waals surface area contributed by atoms with E-state index in [0.717, 1.165) is 11.1 Å². The van der Waals surface area contributed by atoms with Crippen molar-refractivity contribution in [2.45, 2.75) is 6.42 Å². The van der Waals surface area contributed by atoms with Crippen molar-refractivity contribution in [1.29, 1.82) is 0 Å². The van der Waals surface area contributed by atoms with Crippen molar-refractivity contribution in [3.8, 4) is 23.3 Å². The minimum Gasteiger partial charge on any atom is -0.486 e. The molecule has 10 heteroatoms. The van der Waals surface area contributed by atoms with Gasteiger partial charge in [0.1, 0.15) is 31.6 Å². The number of carbonyl (C=O) groups excluding carboxylic acids is 1. The molecule has 0 unspecified atom stereocenters. The van der Waals surface area contributed by atoms with Crippen LogP contribution in [0.25, 0.3) is 10.9 Å². The highest BCUT2D eigenvalue weighted by Gasteiger charge is 2.15. The average molecular weight is 404 g/mol. The van der Waals surface area contributed by atoms with Crippen LogP contribution >= 0.6 is 0 Å². The molecule has 0 aliphatic carbocycles. The lowest BCUT2D eigenvalue weighted by atomic mass is 10.1. The van der Waals surface area contributed by atoms with Crippen LogP contribution in [0.5, 0.6) is 23.3 Å². The molecule has 0 saturated heterocycles. The van der Waals surface area contributed by atoms with Gasteiger partial charge in [0.2, 0.25) is 5.91 Å². The number of benzene rings is 2. The van der Waals surface area contributed by atoms with Crippen LogP contribution in [0, 0.1) is 0 Å². The van der Waals surface area contributed by atoms with E-state index in [4.69, 9.17) is 14.2 Å². The predicted molar refractivity (Wildman–Crippen MR) is 106 cm³/mol. The Kier molecular flexibility index (Phi) is 4.56. The summed E-state index contributed by atoms with van der Waals surface area (Å²) in [4.78, 5) is 24.2. The number of hydrogen-bond donors (Lipinski definition) is 2. The van der Waals surface area contributed by atoms with Gasteiger partial charge in [-0.25, -0.2) is 4.98 Å². The van der Waals surface area contributed by atoms with E-state index in [1.54, 1.807) is 18.2 Å². The van der Waals surface area contributed by atoms with Crippen LogP contribution in [0.3, 0.4) is 0 Å². The van der Waals surface area contributed by atoms with Gasteiger partial charge in [0.05, 0.1) is 11.9 Å². The fraction of sp³-hybridized carbons (Fsp3) is 0.150. The zero-order valence-electron chi connectivity index (χ0n) is 15.7. The van der Waals surface area contributed by atoms with Crippen molar-refractivity contribution in [3.05, 3.63) is 54.6 Å². The highest BCUT2D eigenvalue weighted by molar-refractivity contribution is 6.00. The summed E-state index contributed by atoms with van der Waals surface area (Å²) in [6.45, 7) is 1.02. The topological polar surface area (TPSA) is 124 Å². The Morgan fingerprint density at radius 3 is 2.77 bits per heavy atom. The third kappa shape index (κ3) is 3.70. The molecule has 1 aliphatic heterocycles. The molecule has 5 rings (SSSR count). The van der Waals surface area contributed by atoms with Crippen molar-refractivity contribution in [2.24, 2.45) is 0 Å². The second-order valence-electron chi connectivity index (χ2n) is 6.51. The van der Waals surface area contributed by atoms with Crippen molar-refractivity contribution in [1.82, 2.24) is 25.1 Å². The number of hydrogen-bond acceptors (Lipinski definition) is 8. The number of anilines is 1. The molecule has 0 atom stereocenters. The first-order valence-electron chi connectivity index (χ1n) is 9.21. The number of amides is 1. The van der Waals surface area contributed by atoms with E-state index in [1.807, 2.05) is 18.2 Å². The van der Waals surface area contributed by atoms with Crippen LogP contribution in [-0.4, -0.2) is 44.3 Å². The Hall–Kier alpha value is -4.21.